The summed E-state index contributed by atoms with van der Waals surface area (Å²) in [6, 6.07) is 19.2. The number of aliphatic imine (C=N–C) groups is 1. The van der Waals surface area contributed by atoms with E-state index in [1.165, 1.54) is 23.9 Å². The van der Waals surface area contributed by atoms with E-state index in [1.54, 1.807) is 23.1 Å². The van der Waals surface area contributed by atoms with Crippen LogP contribution in [0.25, 0.3) is 6.08 Å². The number of rotatable bonds is 9. The third-order valence-corrected chi connectivity index (χ3v) is 6.83. The lowest BCUT2D eigenvalue weighted by molar-refractivity contribution is -0.122. The molecule has 3 aromatic carbocycles. The van der Waals surface area contributed by atoms with Gasteiger partial charge in [-0.25, -0.2) is 9.79 Å². The first kappa shape index (κ1) is 26.3. The smallest absolute Gasteiger partial charge is 0.335 e. The fourth-order valence-corrected chi connectivity index (χ4v) is 4.84. The maximum absolute atomic E-state index is 13.1. The number of ether oxygens (including phenoxy) is 2. The van der Waals surface area contributed by atoms with Gasteiger partial charge in [0.2, 0.25) is 0 Å². The largest absolute Gasteiger partial charge is 0.490 e. The first-order chi connectivity index (χ1) is 17.9. The number of hydrogen-bond acceptors (Lipinski definition) is 6. The number of likely N-dealkylation sites (N-methyl/N-ethyl adjacent to an activating group) is 1. The molecule has 1 heterocycles. The van der Waals surface area contributed by atoms with Gasteiger partial charge in [0.25, 0.3) is 5.91 Å². The van der Waals surface area contributed by atoms with E-state index in [0.717, 1.165) is 11.1 Å². The Kier molecular flexibility index (Phi) is 8.53. The molecule has 1 fully saturated rings. The van der Waals surface area contributed by atoms with Crippen LogP contribution >= 0.6 is 23.4 Å². The van der Waals surface area contributed by atoms with Crippen molar-refractivity contribution < 1.29 is 24.2 Å². The van der Waals surface area contributed by atoms with E-state index in [4.69, 9.17) is 26.2 Å². The summed E-state index contributed by atoms with van der Waals surface area (Å²) in [5, 5.41) is 10.3. The number of benzene rings is 3. The molecule has 190 valence electrons. The lowest BCUT2D eigenvalue weighted by Crippen LogP contribution is -2.28. The number of aromatic carboxylic acids is 1. The van der Waals surface area contributed by atoms with E-state index >= 15 is 0 Å². The van der Waals surface area contributed by atoms with Gasteiger partial charge in [-0.2, -0.15) is 0 Å². The van der Waals surface area contributed by atoms with Gasteiger partial charge in [0.15, 0.2) is 16.7 Å². The monoisotopic (exact) mass is 536 g/mol. The van der Waals surface area contributed by atoms with Gasteiger partial charge in [0, 0.05) is 17.1 Å². The molecule has 0 spiro atoms. The first-order valence-corrected chi connectivity index (χ1v) is 12.9. The number of carbonyl (C=O) groups excluding carboxylic acids is 1. The summed E-state index contributed by atoms with van der Waals surface area (Å²) in [4.78, 5) is 30.8. The van der Waals surface area contributed by atoms with Crippen LogP contribution in [0.4, 0.5) is 5.69 Å². The molecule has 1 aliphatic rings. The maximum atomic E-state index is 13.1. The Morgan fingerprint density at radius 2 is 1.81 bits per heavy atom. The molecule has 1 amide bonds. The summed E-state index contributed by atoms with van der Waals surface area (Å²) in [5.41, 5.74) is 2.40. The molecule has 0 saturated carbocycles. The predicted molar refractivity (Wildman–Crippen MR) is 147 cm³/mol. The zero-order valence-corrected chi connectivity index (χ0v) is 21.9. The van der Waals surface area contributed by atoms with Gasteiger partial charge in [-0.3, -0.25) is 9.69 Å². The minimum Gasteiger partial charge on any atom is -0.490 e. The Balaban J connectivity index is 1.56. The number of nitrogens with zero attached hydrogens (tertiary/aromatic N) is 2. The molecule has 0 radical (unpaired) electrons. The van der Waals surface area contributed by atoms with E-state index in [0.29, 0.717) is 52.0 Å². The fourth-order valence-electron chi connectivity index (χ4n) is 3.58. The van der Waals surface area contributed by atoms with Gasteiger partial charge in [-0.15, -0.1) is 0 Å². The van der Waals surface area contributed by atoms with Gasteiger partial charge >= 0.3 is 5.97 Å². The molecule has 0 aromatic heterocycles. The summed E-state index contributed by atoms with van der Waals surface area (Å²) in [5.74, 6) is -0.00202. The van der Waals surface area contributed by atoms with Crippen LogP contribution in [-0.4, -0.2) is 40.2 Å². The third kappa shape index (κ3) is 6.34. The number of carboxylic acids is 1. The lowest BCUT2D eigenvalue weighted by atomic mass is 10.1. The molecule has 0 unspecified atom stereocenters. The van der Waals surface area contributed by atoms with Crippen molar-refractivity contribution in [2.75, 3.05) is 13.2 Å². The minimum atomic E-state index is -1.00. The van der Waals surface area contributed by atoms with E-state index in [-0.39, 0.29) is 11.5 Å². The van der Waals surface area contributed by atoms with Crippen LogP contribution < -0.4 is 9.47 Å². The molecule has 3 aromatic rings. The number of carbonyl (C=O) groups is 2. The zero-order valence-electron chi connectivity index (χ0n) is 20.3. The van der Waals surface area contributed by atoms with Crippen molar-refractivity contribution in [1.82, 2.24) is 4.90 Å². The molecule has 9 heteroatoms. The van der Waals surface area contributed by atoms with Crippen LogP contribution in [0.3, 0.4) is 0 Å². The second-order valence-corrected chi connectivity index (χ2v) is 9.34. The second kappa shape index (κ2) is 12.0. The van der Waals surface area contributed by atoms with E-state index in [1.807, 2.05) is 56.3 Å². The highest BCUT2D eigenvalue weighted by atomic mass is 35.5. The summed E-state index contributed by atoms with van der Waals surface area (Å²) >= 11 is 7.51. The van der Waals surface area contributed by atoms with Crippen molar-refractivity contribution in [3.63, 3.8) is 0 Å². The molecule has 0 aliphatic carbocycles. The molecule has 1 N–H and O–H groups in total. The van der Waals surface area contributed by atoms with Crippen LogP contribution in [-0.2, 0) is 11.4 Å². The molecule has 1 aliphatic heterocycles. The van der Waals surface area contributed by atoms with Gasteiger partial charge in [-0.05, 0) is 79.7 Å². The van der Waals surface area contributed by atoms with Crippen molar-refractivity contribution in [1.29, 1.82) is 0 Å². The van der Waals surface area contributed by atoms with Crippen LogP contribution in [0.5, 0.6) is 11.5 Å². The van der Waals surface area contributed by atoms with E-state index < -0.39 is 5.97 Å². The molecular weight excluding hydrogens is 512 g/mol. The van der Waals surface area contributed by atoms with Gasteiger partial charge in [0.1, 0.15) is 6.61 Å². The average Bonchev–Trinajstić information content (AvgIpc) is 3.18. The number of halogens is 1. The van der Waals surface area contributed by atoms with Crippen LogP contribution in [0.15, 0.2) is 76.6 Å². The standard InChI is InChI=1S/C28H25ClN2O5S/c1-3-31-26(32)25(37-28(31)30-21-12-10-19(11-13-21)27(33)34)16-18-9-14-23(24(15-18)35-4-2)36-17-20-7-5-6-8-22(20)29/h5-16H,3-4,17H2,1-2H3,(H,33,34). The number of hydrogen-bond donors (Lipinski definition) is 1. The topological polar surface area (TPSA) is 88.4 Å². The van der Waals surface area contributed by atoms with Crippen molar-refractivity contribution in [2.24, 2.45) is 4.99 Å². The normalized spacial score (nSPS) is 15.4. The SMILES string of the molecule is CCOc1cc(C=C2SC(=Nc3ccc(C(=O)O)cc3)N(CC)C2=O)ccc1OCc1ccccc1Cl. The van der Waals surface area contributed by atoms with Crippen molar-refractivity contribution in [3.05, 3.63) is 93.3 Å². The molecular formula is C28H25ClN2O5S. The number of amides is 1. The second-order valence-electron chi connectivity index (χ2n) is 7.93. The zero-order chi connectivity index (χ0) is 26.4. The molecule has 4 rings (SSSR count). The molecule has 0 bridgehead atoms. The van der Waals surface area contributed by atoms with Gasteiger partial charge < -0.3 is 14.6 Å². The molecule has 37 heavy (non-hydrogen) atoms. The Hall–Kier alpha value is -3.75. The third-order valence-electron chi connectivity index (χ3n) is 5.45. The highest BCUT2D eigenvalue weighted by Gasteiger charge is 2.32. The minimum absolute atomic E-state index is 0.148. The number of amidine groups is 1. The van der Waals surface area contributed by atoms with Gasteiger partial charge in [0.05, 0.1) is 22.8 Å². The summed E-state index contributed by atoms with van der Waals surface area (Å²) in [6.07, 6.45) is 1.80. The van der Waals surface area contributed by atoms with Crippen molar-refractivity contribution >= 4 is 52.2 Å². The number of thioether (sulfide) groups is 1. The van der Waals surface area contributed by atoms with Crippen molar-refractivity contribution in [3.8, 4) is 11.5 Å². The average molecular weight is 537 g/mol. The van der Waals surface area contributed by atoms with Gasteiger partial charge in [-0.1, -0.05) is 35.9 Å². The summed E-state index contributed by atoms with van der Waals surface area (Å²) in [6.45, 7) is 4.98. The lowest BCUT2D eigenvalue weighted by Gasteiger charge is -2.13. The molecule has 7 nitrogen and oxygen atoms in total. The van der Waals surface area contributed by atoms with E-state index in [9.17, 15) is 9.59 Å². The van der Waals surface area contributed by atoms with Crippen LogP contribution in [0, 0.1) is 0 Å². The Morgan fingerprint density at radius 1 is 1.05 bits per heavy atom. The molecule has 0 atom stereocenters. The Morgan fingerprint density at radius 3 is 2.49 bits per heavy atom. The first-order valence-electron chi connectivity index (χ1n) is 11.7. The highest BCUT2D eigenvalue weighted by Crippen LogP contribution is 2.36. The maximum Gasteiger partial charge on any atom is 0.335 e. The van der Waals surface area contributed by atoms with Crippen molar-refractivity contribution in [2.45, 2.75) is 20.5 Å². The van der Waals surface area contributed by atoms with E-state index in [2.05, 4.69) is 4.99 Å². The highest BCUT2D eigenvalue weighted by molar-refractivity contribution is 8.18. The molecule has 1 saturated heterocycles. The predicted octanol–water partition coefficient (Wildman–Crippen LogP) is 6.64. The summed E-state index contributed by atoms with van der Waals surface area (Å²) < 4.78 is 11.8. The van der Waals surface area contributed by atoms with Crippen LogP contribution in [0.2, 0.25) is 5.02 Å². The number of carboxylic acid groups (broad SMARTS) is 1. The quantitative estimate of drug-likeness (QED) is 0.308. The fraction of sp³-hybridized carbons (Fsp3) is 0.179. The van der Waals surface area contributed by atoms with Crippen LogP contribution in [0.1, 0.15) is 35.3 Å². The Labute approximate surface area is 224 Å². The summed E-state index contributed by atoms with van der Waals surface area (Å²) in [7, 11) is 0. The Bertz CT molecular complexity index is 1370.